The summed E-state index contributed by atoms with van der Waals surface area (Å²) in [5, 5.41) is 2.86. The zero-order valence-corrected chi connectivity index (χ0v) is 23.1. The Balaban J connectivity index is 1.27. The molecule has 4 atom stereocenters. The first-order valence-corrected chi connectivity index (χ1v) is 13.5. The summed E-state index contributed by atoms with van der Waals surface area (Å²) >= 11 is 0. The Kier molecular flexibility index (Phi) is 7.65. The van der Waals surface area contributed by atoms with Gasteiger partial charge in [-0.15, -0.1) is 0 Å². The molecule has 9 heteroatoms. The Morgan fingerprint density at radius 1 is 1.05 bits per heavy atom. The van der Waals surface area contributed by atoms with Gasteiger partial charge in [-0.1, -0.05) is 30.3 Å². The van der Waals surface area contributed by atoms with Crippen LogP contribution in [0.25, 0.3) is 11.3 Å². The third-order valence-corrected chi connectivity index (χ3v) is 7.04. The Morgan fingerprint density at radius 2 is 1.73 bits per heavy atom. The summed E-state index contributed by atoms with van der Waals surface area (Å²) in [6.45, 7) is 8.70. The number of carbonyl (C=O) groups excluding carboxylic acids is 2. The lowest BCUT2D eigenvalue weighted by atomic mass is 10.1. The first kappa shape index (κ1) is 27.4. The predicted octanol–water partition coefficient (Wildman–Crippen LogP) is 6.12. The lowest BCUT2D eigenvalue weighted by Crippen LogP contribution is -2.38. The summed E-state index contributed by atoms with van der Waals surface area (Å²) in [5.41, 5.74) is 2.43. The van der Waals surface area contributed by atoms with Gasteiger partial charge >= 0.3 is 12.2 Å². The number of nitrogens with one attached hydrogen (secondary N) is 1. The second-order valence-electron chi connectivity index (χ2n) is 11.4. The molecule has 1 aliphatic carbocycles. The number of aromatic nitrogens is 1. The van der Waals surface area contributed by atoms with E-state index in [9.17, 15) is 14.0 Å². The number of rotatable bonds is 7. The quantitative estimate of drug-likeness (QED) is 0.383. The highest BCUT2D eigenvalue weighted by Crippen LogP contribution is 2.48. The molecule has 3 aromatic rings. The van der Waals surface area contributed by atoms with Gasteiger partial charge in [-0.2, -0.15) is 0 Å². The maximum Gasteiger partial charge on any atom is 0.410 e. The first-order valence-electron chi connectivity index (χ1n) is 13.5. The van der Waals surface area contributed by atoms with Gasteiger partial charge in [0.1, 0.15) is 24.1 Å². The highest BCUT2D eigenvalue weighted by molar-refractivity contribution is 5.69. The number of likely N-dealkylation sites (tertiary alicyclic amines) is 1. The zero-order valence-electron chi connectivity index (χ0n) is 23.1. The van der Waals surface area contributed by atoms with Crippen molar-refractivity contribution in [3.05, 3.63) is 83.7 Å². The number of hydrogen-bond acceptors (Lipinski definition) is 6. The number of alkyl carbamates (subject to hydrolysis) is 1. The van der Waals surface area contributed by atoms with E-state index in [0.717, 1.165) is 16.7 Å². The van der Waals surface area contributed by atoms with Crippen LogP contribution >= 0.6 is 0 Å². The standard InChI is InChI=1S/C31H34FN3O5/c1-19(33-29(36)38-18-20-8-6-5-7-9-20)22-14-26(21-10-12-23(32)13-11-21)34-27(15-22)39-28-24-16-35(17-25(24)28)30(37)40-31(2,3)4/h5-15,19,24-25,28H,16-18H2,1-4H3,(H,33,36)/t19?,24-,25+,28?. The van der Waals surface area contributed by atoms with Crippen LogP contribution in [0.15, 0.2) is 66.7 Å². The van der Waals surface area contributed by atoms with E-state index in [4.69, 9.17) is 14.2 Å². The molecular formula is C31H34FN3O5. The molecule has 1 aromatic heterocycles. The van der Waals surface area contributed by atoms with Crippen molar-refractivity contribution in [3.8, 4) is 17.1 Å². The van der Waals surface area contributed by atoms with Crippen molar-refractivity contribution in [2.75, 3.05) is 13.1 Å². The van der Waals surface area contributed by atoms with Crippen LogP contribution in [0, 0.1) is 17.7 Å². The van der Waals surface area contributed by atoms with Gasteiger partial charge in [0.05, 0.1) is 11.7 Å². The topological polar surface area (TPSA) is 90.0 Å². The van der Waals surface area contributed by atoms with Gasteiger partial charge in [-0.05, 0) is 69.2 Å². The van der Waals surface area contributed by atoms with Crippen LogP contribution < -0.4 is 10.1 Å². The summed E-state index contributed by atoms with van der Waals surface area (Å²) in [4.78, 5) is 31.3. The lowest BCUT2D eigenvalue weighted by molar-refractivity contribution is 0.0252. The average Bonchev–Trinajstić information content (AvgIpc) is 3.33. The lowest BCUT2D eigenvalue weighted by Gasteiger charge is -2.26. The normalized spacial score (nSPS) is 20.3. The molecule has 2 aliphatic rings. The Labute approximate surface area is 233 Å². The highest BCUT2D eigenvalue weighted by Gasteiger charge is 2.59. The van der Waals surface area contributed by atoms with Gasteiger partial charge in [0.25, 0.3) is 0 Å². The first-order chi connectivity index (χ1) is 19.1. The van der Waals surface area contributed by atoms with Crippen LogP contribution in [0.1, 0.15) is 44.9 Å². The number of fused-ring (bicyclic) bond motifs is 1. The molecule has 210 valence electrons. The minimum Gasteiger partial charge on any atom is -0.474 e. The van der Waals surface area contributed by atoms with Crippen molar-refractivity contribution in [2.45, 2.75) is 52.0 Å². The van der Waals surface area contributed by atoms with E-state index < -0.39 is 17.7 Å². The average molecular weight is 548 g/mol. The molecule has 2 amide bonds. The Bertz CT molecular complexity index is 1350. The molecule has 0 spiro atoms. The number of halogens is 1. The number of carbonyl (C=O) groups is 2. The molecule has 5 rings (SSSR count). The predicted molar refractivity (Wildman–Crippen MR) is 147 cm³/mol. The van der Waals surface area contributed by atoms with Crippen molar-refractivity contribution in [1.82, 2.24) is 15.2 Å². The Hall–Kier alpha value is -4.14. The van der Waals surface area contributed by atoms with Crippen molar-refractivity contribution in [1.29, 1.82) is 0 Å². The maximum absolute atomic E-state index is 13.6. The van der Waals surface area contributed by atoms with Gasteiger partial charge in [-0.25, -0.2) is 19.0 Å². The summed E-state index contributed by atoms with van der Waals surface area (Å²) in [6.07, 6.45) is -0.921. The van der Waals surface area contributed by atoms with Gasteiger partial charge in [0.15, 0.2) is 0 Å². The molecule has 1 aliphatic heterocycles. The minimum absolute atomic E-state index is 0.0680. The number of amides is 2. The second kappa shape index (κ2) is 11.2. The van der Waals surface area contributed by atoms with E-state index in [1.165, 1.54) is 12.1 Å². The SMILES string of the molecule is CC(NC(=O)OCc1ccccc1)c1cc(OC2[C@H]3CN(C(=O)OC(C)(C)C)C[C@@H]23)nc(-c2ccc(F)cc2)c1. The largest absolute Gasteiger partial charge is 0.474 e. The summed E-state index contributed by atoms with van der Waals surface area (Å²) in [7, 11) is 0. The molecular weight excluding hydrogens is 513 g/mol. The summed E-state index contributed by atoms with van der Waals surface area (Å²) < 4.78 is 30.8. The maximum atomic E-state index is 13.6. The smallest absolute Gasteiger partial charge is 0.410 e. The fourth-order valence-corrected chi connectivity index (χ4v) is 4.89. The van der Waals surface area contributed by atoms with Crippen molar-refractivity contribution in [3.63, 3.8) is 0 Å². The summed E-state index contributed by atoms with van der Waals surface area (Å²) in [5.74, 6) is 0.478. The van der Waals surface area contributed by atoms with Gasteiger partial charge in [0.2, 0.25) is 5.88 Å². The molecule has 1 saturated carbocycles. The van der Waals surface area contributed by atoms with Gasteiger partial charge in [-0.3, -0.25) is 0 Å². The van der Waals surface area contributed by atoms with Crippen LogP contribution in [-0.2, 0) is 16.1 Å². The molecule has 2 aromatic carbocycles. The molecule has 0 bridgehead atoms. The second-order valence-corrected chi connectivity index (χ2v) is 11.4. The van der Waals surface area contributed by atoms with Crippen molar-refractivity contribution in [2.24, 2.45) is 11.8 Å². The van der Waals surface area contributed by atoms with Crippen molar-refractivity contribution < 1.29 is 28.2 Å². The number of hydrogen-bond donors (Lipinski definition) is 1. The fraction of sp³-hybridized carbons (Fsp3) is 0.387. The monoisotopic (exact) mass is 547 g/mol. The molecule has 2 unspecified atom stereocenters. The zero-order chi connectivity index (χ0) is 28.4. The molecule has 1 saturated heterocycles. The van der Waals surface area contributed by atoms with E-state index in [2.05, 4.69) is 10.3 Å². The van der Waals surface area contributed by atoms with Crippen molar-refractivity contribution >= 4 is 12.2 Å². The number of benzene rings is 2. The Morgan fingerprint density at radius 3 is 2.38 bits per heavy atom. The molecule has 1 N–H and O–H groups in total. The molecule has 2 heterocycles. The van der Waals surface area contributed by atoms with E-state index in [1.54, 1.807) is 23.1 Å². The van der Waals surface area contributed by atoms with Crippen LogP contribution in [0.3, 0.4) is 0 Å². The third kappa shape index (κ3) is 6.70. The number of ether oxygens (including phenoxy) is 3. The number of nitrogens with zero attached hydrogens (tertiary/aromatic N) is 2. The molecule has 8 nitrogen and oxygen atoms in total. The third-order valence-electron chi connectivity index (χ3n) is 7.04. The molecule has 40 heavy (non-hydrogen) atoms. The van der Waals surface area contributed by atoms with Gasteiger partial charge in [0, 0.05) is 36.6 Å². The summed E-state index contributed by atoms with van der Waals surface area (Å²) in [6, 6.07) is 18.8. The van der Waals surface area contributed by atoms with E-state index >= 15 is 0 Å². The number of pyridine rings is 1. The van der Waals surface area contributed by atoms with E-state index in [-0.39, 0.29) is 36.5 Å². The minimum atomic E-state index is -0.544. The number of piperidine rings is 1. The van der Waals surface area contributed by atoms with Gasteiger partial charge < -0.3 is 24.4 Å². The van der Waals surface area contributed by atoms with Crippen LogP contribution in [0.5, 0.6) is 5.88 Å². The van der Waals surface area contributed by atoms with E-state index in [0.29, 0.717) is 24.7 Å². The molecule has 0 radical (unpaired) electrons. The molecule has 2 fully saturated rings. The fourth-order valence-electron chi connectivity index (χ4n) is 4.89. The van der Waals surface area contributed by atoms with Crippen LogP contribution in [0.4, 0.5) is 14.0 Å². The highest BCUT2D eigenvalue weighted by atomic mass is 19.1. The van der Waals surface area contributed by atoms with E-state index in [1.807, 2.05) is 64.1 Å². The van der Waals surface area contributed by atoms with Crippen LogP contribution in [0.2, 0.25) is 0 Å². The van der Waals surface area contributed by atoms with Crippen LogP contribution in [-0.4, -0.2) is 46.9 Å².